The molecule has 2 N–H and O–H groups in total. The highest BCUT2D eigenvalue weighted by molar-refractivity contribution is 7.80. The van der Waals surface area contributed by atoms with Gasteiger partial charge in [0.25, 0.3) is 0 Å². The molecule has 3 rings (SSSR count). The number of ether oxygens (including phenoxy) is 2. The minimum atomic E-state index is -0.868. The zero-order chi connectivity index (χ0) is 23.5. The summed E-state index contributed by atoms with van der Waals surface area (Å²) in [6, 6.07) is 17.6. The SMILES string of the molecule is O=C(/C=C/c1ccccc1)NC(=S)N1CCNC(=O)C1CC(=O)OCCOc1ccccc1. The molecular formula is C24H25N3O5S. The predicted molar refractivity (Wildman–Crippen MR) is 127 cm³/mol. The molecule has 0 aliphatic carbocycles. The molecule has 2 amide bonds. The highest BCUT2D eigenvalue weighted by Gasteiger charge is 2.34. The fraction of sp³-hybridized carbons (Fsp3) is 0.250. The first-order chi connectivity index (χ1) is 16.0. The molecule has 1 aliphatic heterocycles. The first-order valence-electron chi connectivity index (χ1n) is 10.5. The van der Waals surface area contributed by atoms with E-state index in [9.17, 15) is 14.4 Å². The van der Waals surface area contributed by atoms with Crippen LogP contribution in [0.1, 0.15) is 12.0 Å². The summed E-state index contributed by atoms with van der Waals surface area (Å²) in [5, 5.41) is 5.39. The summed E-state index contributed by atoms with van der Waals surface area (Å²) in [6.45, 7) is 0.958. The van der Waals surface area contributed by atoms with E-state index in [1.165, 1.54) is 11.0 Å². The smallest absolute Gasteiger partial charge is 0.308 e. The molecule has 1 atom stereocenters. The zero-order valence-corrected chi connectivity index (χ0v) is 18.8. The second-order valence-electron chi connectivity index (χ2n) is 7.12. The summed E-state index contributed by atoms with van der Waals surface area (Å²) in [5.41, 5.74) is 0.868. The minimum Gasteiger partial charge on any atom is -0.490 e. The maximum absolute atomic E-state index is 12.4. The number of carbonyl (C=O) groups excluding carboxylic acids is 3. The Labute approximate surface area is 197 Å². The lowest BCUT2D eigenvalue weighted by molar-refractivity contribution is -0.148. The van der Waals surface area contributed by atoms with E-state index in [2.05, 4.69) is 10.6 Å². The average Bonchev–Trinajstić information content (AvgIpc) is 2.83. The van der Waals surface area contributed by atoms with Gasteiger partial charge in [-0.25, -0.2) is 0 Å². The van der Waals surface area contributed by atoms with Crippen LogP contribution in [-0.4, -0.2) is 60.1 Å². The van der Waals surface area contributed by atoms with Crippen LogP contribution < -0.4 is 15.4 Å². The van der Waals surface area contributed by atoms with Crippen molar-refractivity contribution in [3.05, 3.63) is 72.3 Å². The molecular weight excluding hydrogens is 442 g/mol. The average molecular weight is 468 g/mol. The molecule has 0 aromatic heterocycles. The van der Waals surface area contributed by atoms with Crippen LogP contribution in [0.2, 0.25) is 0 Å². The minimum absolute atomic E-state index is 0.0491. The van der Waals surface area contributed by atoms with Gasteiger partial charge in [0.15, 0.2) is 5.11 Å². The summed E-state index contributed by atoms with van der Waals surface area (Å²) >= 11 is 5.33. The number of benzene rings is 2. The number of nitrogens with one attached hydrogen (secondary N) is 2. The summed E-state index contributed by atoms with van der Waals surface area (Å²) in [4.78, 5) is 38.5. The molecule has 0 spiro atoms. The fourth-order valence-corrected chi connectivity index (χ4v) is 3.48. The Bertz CT molecular complexity index is 998. The van der Waals surface area contributed by atoms with Gasteiger partial charge in [-0.05, 0) is 36.0 Å². The van der Waals surface area contributed by atoms with Crippen LogP contribution in [0.25, 0.3) is 6.08 Å². The van der Waals surface area contributed by atoms with Gasteiger partial charge >= 0.3 is 5.97 Å². The normalized spacial score (nSPS) is 15.6. The molecule has 0 bridgehead atoms. The molecule has 1 heterocycles. The number of piperazine rings is 1. The quantitative estimate of drug-likeness (QED) is 0.265. The largest absolute Gasteiger partial charge is 0.490 e. The Morgan fingerprint density at radius 2 is 1.79 bits per heavy atom. The third-order valence-corrected chi connectivity index (χ3v) is 5.10. The van der Waals surface area contributed by atoms with Gasteiger partial charge in [-0.15, -0.1) is 0 Å². The van der Waals surface area contributed by atoms with Crippen LogP contribution in [0.3, 0.4) is 0 Å². The maximum atomic E-state index is 12.4. The predicted octanol–water partition coefficient (Wildman–Crippen LogP) is 1.91. The molecule has 1 fully saturated rings. The van der Waals surface area contributed by atoms with Crippen molar-refractivity contribution in [3.8, 4) is 5.75 Å². The lowest BCUT2D eigenvalue weighted by Crippen LogP contribution is -2.60. The monoisotopic (exact) mass is 467 g/mol. The van der Waals surface area contributed by atoms with Crippen molar-refractivity contribution in [2.24, 2.45) is 0 Å². The standard InChI is InChI=1S/C24H25N3O5S/c28-21(12-11-18-7-3-1-4-8-18)26-24(33)27-14-13-25-23(30)20(27)17-22(29)32-16-15-31-19-9-5-2-6-10-19/h1-12,20H,13-17H2,(H,25,30)(H,26,28,33)/b12-11+. The first kappa shape index (κ1) is 23.9. The first-order valence-corrected chi connectivity index (χ1v) is 10.9. The number of amides is 2. The van der Waals surface area contributed by atoms with E-state index in [-0.39, 0.29) is 30.7 Å². The van der Waals surface area contributed by atoms with Crippen LogP contribution in [0.15, 0.2) is 66.7 Å². The van der Waals surface area contributed by atoms with Crippen molar-refractivity contribution in [3.63, 3.8) is 0 Å². The Hall–Kier alpha value is -3.72. The zero-order valence-electron chi connectivity index (χ0n) is 17.9. The van der Waals surface area contributed by atoms with Gasteiger partial charge < -0.3 is 19.7 Å². The second kappa shape index (κ2) is 12.4. The Kier molecular flexibility index (Phi) is 8.96. The molecule has 8 nitrogen and oxygen atoms in total. The molecule has 1 unspecified atom stereocenters. The molecule has 1 saturated heterocycles. The Morgan fingerprint density at radius 1 is 1.09 bits per heavy atom. The Morgan fingerprint density at radius 3 is 2.52 bits per heavy atom. The topological polar surface area (TPSA) is 97.0 Å². The molecule has 2 aromatic rings. The third-order valence-electron chi connectivity index (χ3n) is 4.77. The van der Waals surface area contributed by atoms with Crippen LogP contribution >= 0.6 is 12.2 Å². The molecule has 172 valence electrons. The molecule has 9 heteroatoms. The van der Waals surface area contributed by atoms with Crippen molar-refractivity contribution in [2.45, 2.75) is 12.5 Å². The number of rotatable bonds is 8. The van der Waals surface area contributed by atoms with Gasteiger partial charge in [0, 0.05) is 19.2 Å². The van der Waals surface area contributed by atoms with E-state index >= 15 is 0 Å². The van der Waals surface area contributed by atoms with E-state index in [4.69, 9.17) is 21.7 Å². The molecule has 33 heavy (non-hydrogen) atoms. The Balaban J connectivity index is 1.48. The van der Waals surface area contributed by atoms with Gasteiger partial charge in [0.1, 0.15) is 25.0 Å². The molecule has 0 saturated carbocycles. The lowest BCUT2D eigenvalue weighted by atomic mass is 10.1. The number of thiocarbonyl (C=S) groups is 1. The van der Waals surface area contributed by atoms with Gasteiger partial charge in [-0.2, -0.15) is 0 Å². The highest BCUT2D eigenvalue weighted by atomic mass is 32.1. The number of hydrogen-bond acceptors (Lipinski definition) is 6. The van der Waals surface area contributed by atoms with E-state index in [1.807, 2.05) is 48.5 Å². The van der Waals surface area contributed by atoms with Gasteiger partial charge in [0.2, 0.25) is 11.8 Å². The summed E-state index contributed by atoms with van der Waals surface area (Å²) < 4.78 is 10.7. The number of hydrogen-bond donors (Lipinski definition) is 2. The number of nitrogens with zero attached hydrogens (tertiary/aromatic N) is 1. The van der Waals surface area contributed by atoms with Crippen LogP contribution in [0, 0.1) is 0 Å². The number of para-hydroxylation sites is 1. The van der Waals surface area contributed by atoms with Crippen molar-refractivity contribution in [2.75, 3.05) is 26.3 Å². The van der Waals surface area contributed by atoms with Crippen LogP contribution in [0.5, 0.6) is 5.75 Å². The maximum Gasteiger partial charge on any atom is 0.308 e. The van der Waals surface area contributed by atoms with Gasteiger partial charge in [-0.3, -0.25) is 19.7 Å². The third kappa shape index (κ3) is 7.73. The van der Waals surface area contributed by atoms with Crippen molar-refractivity contribution >= 4 is 41.2 Å². The lowest BCUT2D eigenvalue weighted by Gasteiger charge is -2.36. The van der Waals surface area contributed by atoms with Crippen molar-refractivity contribution in [1.29, 1.82) is 0 Å². The highest BCUT2D eigenvalue weighted by Crippen LogP contribution is 2.12. The second-order valence-corrected chi connectivity index (χ2v) is 7.51. The van der Waals surface area contributed by atoms with Crippen molar-refractivity contribution < 1.29 is 23.9 Å². The van der Waals surface area contributed by atoms with Crippen molar-refractivity contribution in [1.82, 2.24) is 15.5 Å². The van der Waals surface area contributed by atoms with E-state index < -0.39 is 17.9 Å². The molecule has 0 radical (unpaired) electrons. The fourth-order valence-electron chi connectivity index (χ4n) is 3.16. The molecule has 2 aromatic carbocycles. The van der Waals surface area contributed by atoms with Gasteiger partial charge in [-0.1, -0.05) is 48.5 Å². The van der Waals surface area contributed by atoms with Gasteiger partial charge in [0.05, 0.1) is 6.42 Å². The van der Waals surface area contributed by atoms with E-state index in [0.717, 1.165) is 5.56 Å². The molecule has 1 aliphatic rings. The number of esters is 1. The summed E-state index contributed by atoms with van der Waals surface area (Å²) in [5.74, 6) is -0.657. The summed E-state index contributed by atoms with van der Waals surface area (Å²) in [6.07, 6.45) is 2.82. The van der Waals surface area contributed by atoms with E-state index in [0.29, 0.717) is 18.8 Å². The number of carbonyl (C=O) groups is 3. The van der Waals surface area contributed by atoms with E-state index in [1.54, 1.807) is 18.2 Å². The van der Waals surface area contributed by atoms with Crippen LogP contribution in [-0.2, 0) is 19.1 Å². The summed E-state index contributed by atoms with van der Waals surface area (Å²) in [7, 11) is 0. The van der Waals surface area contributed by atoms with Crippen LogP contribution in [0.4, 0.5) is 0 Å².